The fraction of sp³-hybridized carbons (Fsp3) is 0.480. The zero-order valence-corrected chi connectivity index (χ0v) is 19.3. The third-order valence-electron chi connectivity index (χ3n) is 7.16. The number of amides is 2. The number of nitrogens with zero attached hydrogens (tertiary/aromatic N) is 2. The molecule has 0 radical (unpaired) electrons. The molecule has 1 aliphatic carbocycles. The Morgan fingerprint density at radius 1 is 1.19 bits per heavy atom. The molecule has 2 amide bonds. The lowest BCUT2D eigenvalue weighted by Gasteiger charge is -2.51. The minimum Gasteiger partial charge on any atom is -0.384 e. The number of benzene rings is 1. The Hall–Kier alpha value is -2.44. The average Bonchev–Trinajstić information content (AvgIpc) is 3.24. The summed E-state index contributed by atoms with van der Waals surface area (Å²) in [6.07, 6.45) is 6.06. The molecule has 0 spiro atoms. The number of likely N-dealkylation sites (tertiary alicyclic amines) is 1. The van der Waals surface area contributed by atoms with Gasteiger partial charge in [-0.1, -0.05) is 44.0 Å². The third-order valence-corrected chi connectivity index (χ3v) is 7.41. The fourth-order valence-electron chi connectivity index (χ4n) is 5.18. The van der Waals surface area contributed by atoms with Gasteiger partial charge in [0.1, 0.15) is 0 Å². The molecule has 32 heavy (non-hydrogen) atoms. The molecule has 3 atom stereocenters. The number of rotatable bonds is 4. The van der Waals surface area contributed by atoms with E-state index >= 15 is 0 Å². The second-order valence-electron chi connectivity index (χ2n) is 9.62. The summed E-state index contributed by atoms with van der Waals surface area (Å²) in [6, 6.07) is 10.6. The molecular formula is C25H30ClN3O3. The zero-order chi connectivity index (χ0) is 22.9. The van der Waals surface area contributed by atoms with Crippen molar-refractivity contribution >= 4 is 23.4 Å². The van der Waals surface area contributed by atoms with Crippen molar-refractivity contribution in [2.45, 2.75) is 51.2 Å². The number of pyridine rings is 1. The summed E-state index contributed by atoms with van der Waals surface area (Å²) < 4.78 is 0. The summed E-state index contributed by atoms with van der Waals surface area (Å²) in [7, 11) is 0. The van der Waals surface area contributed by atoms with Crippen molar-refractivity contribution in [3.8, 4) is 0 Å². The summed E-state index contributed by atoms with van der Waals surface area (Å²) in [6.45, 7) is 4.92. The van der Waals surface area contributed by atoms with Gasteiger partial charge in [0.2, 0.25) is 5.91 Å². The van der Waals surface area contributed by atoms with Crippen LogP contribution in [-0.2, 0) is 10.4 Å². The number of carbonyl (C=O) groups is 2. The maximum absolute atomic E-state index is 13.5. The molecule has 1 saturated carbocycles. The maximum Gasteiger partial charge on any atom is 0.253 e. The van der Waals surface area contributed by atoms with Gasteiger partial charge in [-0.3, -0.25) is 14.6 Å². The van der Waals surface area contributed by atoms with Gasteiger partial charge in [0.15, 0.2) is 0 Å². The van der Waals surface area contributed by atoms with E-state index < -0.39 is 11.0 Å². The quantitative estimate of drug-likeness (QED) is 0.735. The second kappa shape index (κ2) is 8.83. The van der Waals surface area contributed by atoms with E-state index in [2.05, 4.69) is 10.3 Å². The van der Waals surface area contributed by atoms with Crippen LogP contribution in [0.2, 0.25) is 5.02 Å². The molecule has 7 heteroatoms. The number of aromatic nitrogens is 1. The molecule has 6 nitrogen and oxygen atoms in total. The van der Waals surface area contributed by atoms with Crippen molar-refractivity contribution in [2.24, 2.45) is 11.3 Å². The summed E-state index contributed by atoms with van der Waals surface area (Å²) >= 11 is 6.03. The monoisotopic (exact) mass is 455 g/mol. The topological polar surface area (TPSA) is 82.5 Å². The van der Waals surface area contributed by atoms with Crippen LogP contribution in [0.4, 0.5) is 0 Å². The molecule has 2 N–H and O–H groups in total. The van der Waals surface area contributed by atoms with Gasteiger partial charge in [-0.2, -0.15) is 0 Å². The Balaban J connectivity index is 1.45. The van der Waals surface area contributed by atoms with Gasteiger partial charge in [0.25, 0.3) is 5.91 Å². The van der Waals surface area contributed by atoms with E-state index in [9.17, 15) is 14.7 Å². The number of hydrogen-bond acceptors (Lipinski definition) is 4. The Labute approximate surface area is 194 Å². The van der Waals surface area contributed by atoms with Crippen LogP contribution >= 0.6 is 11.6 Å². The van der Waals surface area contributed by atoms with Gasteiger partial charge in [0, 0.05) is 42.0 Å². The van der Waals surface area contributed by atoms with Crippen molar-refractivity contribution in [3.05, 3.63) is 64.9 Å². The minimum atomic E-state index is -1.04. The highest BCUT2D eigenvalue weighted by atomic mass is 35.5. The van der Waals surface area contributed by atoms with Gasteiger partial charge in [-0.15, -0.1) is 0 Å². The molecule has 1 aromatic heterocycles. The molecule has 2 aliphatic rings. The molecule has 4 rings (SSSR count). The van der Waals surface area contributed by atoms with E-state index in [1.54, 1.807) is 30.5 Å². The minimum absolute atomic E-state index is 0.0604. The lowest BCUT2D eigenvalue weighted by molar-refractivity contribution is -0.156. The van der Waals surface area contributed by atoms with Crippen LogP contribution in [0.3, 0.4) is 0 Å². The molecule has 2 aromatic rings. The van der Waals surface area contributed by atoms with Crippen LogP contribution in [0.5, 0.6) is 0 Å². The van der Waals surface area contributed by atoms with Gasteiger partial charge in [0.05, 0.1) is 17.1 Å². The summed E-state index contributed by atoms with van der Waals surface area (Å²) in [5.74, 6) is -0.378. The van der Waals surface area contributed by atoms with Crippen molar-refractivity contribution in [3.63, 3.8) is 0 Å². The van der Waals surface area contributed by atoms with Gasteiger partial charge < -0.3 is 15.3 Å². The van der Waals surface area contributed by atoms with E-state index in [4.69, 9.17) is 11.6 Å². The largest absolute Gasteiger partial charge is 0.384 e. The van der Waals surface area contributed by atoms with Crippen LogP contribution in [0, 0.1) is 11.3 Å². The van der Waals surface area contributed by atoms with Crippen LogP contribution < -0.4 is 5.32 Å². The zero-order valence-electron chi connectivity index (χ0n) is 18.6. The van der Waals surface area contributed by atoms with Crippen LogP contribution in [-0.4, -0.2) is 45.9 Å². The number of hydrogen-bond donors (Lipinski definition) is 2. The molecule has 1 aromatic carbocycles. The molecule has 1 saturated heterocycles. The predicted octanol–water partition coefficient (Wildman–Crippen LogP) is 3.78. The normalized spacial score (nSPS) is 27.2. The lowest BCUT2D eigenvalue weighted by atomic mass is 9.66. The second-order valence-corrected chi connectivity index (χ2v) is 10.1. The maximum atomic E-state index is 13.5. The summed E-state index contributed by atoms with van der Waals surface area (Å²) in [5, 5.41) is 15.3. The fourth-order valence-corrected chi connectivity index (χ4v) is 5.31. The molecule has 2 heterocycles. The van der Waals surface area contributed by atoms with Crippen LogP contribution in [0.15, 0.2) is 48.8 Å². The summed E-state index contributed by atoms with van der Waals surface area (Å²) in [4.78, 5) is 31.9. The highest BCUT2D eigenvalue weighted by Crippen LogP contribution is 2.46. The van der Waals surface area contributed by atoms with E-state index in [0.29, 0.717) is 30.1 Å². The molecule has 0 bridgehead atoms. The first kappa shape index (κ1) is 22.7. The lowest BCUT2D eigenvalue weighted by Crippen LogP contribution is -2.58. The number of nitrogens with one attached hydrogen (secondary N) is 1. The van der Waals surface area contributed by atoms with Crippen molar-refractivity contribution in [1.82, 2.24) is 15.2 Å². The number of aliphatic hydroxyl groups is 1. The first-order valence-corrected chi connectivity index (χ1v) is 11.6. The Morgan fingerprint density at radius 2 is 1.94 bits per heavy atom. The van der Waals surface area contributed by atoms with E-state index in [1.807, 2.05) is 30.9 Å². The molecular weight excluding hydrogens is 426 g/mol. The SMILES string of the molecule is CC1(C)CN(C(=O)[C@H]2CCC[C@H]2NC(=O)c2cccnc2)CC[C@]1(O)c1ccc(Cl)cc1. The van der Waals surface area contributed by atoms with Crippen LogP contribution in [0.1, 0.15) is 55.5 Å². The highest BCUT2D eigenvalue weighted by molar-refractivity contribution is 6.30. The Bertz CT molecular complexity index is 980. The molecule has 2 fully saturated rings. The molecule has 170 valence electrons. The van der Waals surface area contributed by atoms with E-state index in [-0.39, 0.29) is 23.8 Å². The molecule has 1 aliphatic heterocycles. The van der Waals surface area contributed by atoms with Gasteiger partial charge in [-0.05, 0) is 49.1 Å². The number of piperidine rings is 1. The van der Waals surface area contributed by atoms with Crippen molar-refractivity contribution in [2.75, 3.05) is 13.1 Å². The van der Waals surface area contributed by atoms with Gasteiger partial charge >= 0.3 is 0 Å². The first-order chi connectivity index (χ1) is 15.2. The third kappa shape index (κ3) is 4.26. The smallest absolute Gasteiger partial charge is 0.253 e. The van der Waals surface area contributed by atoms with Crippen LogP contribution in [0.25, 0.3) is 0 Å². The Kier molecular flexibility index (Phi) is 6.28. The standard InChI is InChI=1S/C25H30ClN3O3/c1-24(2)16-29(14-12-25(24,32)18-8-10-19(26)11-9-18)23(31)20-6-3-7-21(20)28-22(30)17-5-4-13-27-15-17/h4-5,8-11,13,15,20-21,32H,3,6-7,12,14,16H2,1-2H3,(H,28,30)/t20-,21+,25-/m0/s1. The van der Waals surface area contributed by atoms with E-state index in [0.717, 1.165) is 24.8 Å². The highest BCUT2D eigenvalue weighted by Gasteiger charge is 2.50. The van der Waals surface area contributed by atoms with E-state index in [1.165, 1.54) is 6.20 Å². The van der Waals surface area contributed by atoms with Crippen molar-refractivity contribution < 1.29 is 14.7 Å². The average molecular weight is 456 g/mol. The predicted molar refractivity (Wildman–Crippen MR) is 123 cm³/mol. The Morgan fingerprint density at radius 3 is 2.59 bits per heavy atom. The number of carbonyl (C=O) groups excluding carboxylic acids is 2. The number of halogens is 1. The summed E-state index contributed by atoms with van der Waals surface area (Å²) in [5.41, 5.74) is -0.265. The van der Waals surface area contributed by atoms with Gasteiger partial charge in [-0.25, -0.2) is 0 Å². The van der Waals surface area contributed by atoms with Crippen molar-refractivity contribution in [1.29, 1.82) is 0 Å². The molecule has 0 unspecified atom stereocenters. The first-order valence-electron chi connectivity index (χ1n) is 11.2.